The lowest BCUT2D eigenvalue weighted by molar-refractivity contribution is 0.105. The molecule has 0 radical (unpaired) electrons. The van der Waals surface area contributed by atoms with Crippen molar-refractivity contribution in [1.29, 1.82) is 0 Å². The predicted molar refractivity (Wildman–Crippen MR) is 105 cm³/mol. The highest BCUT2D eigenvalue weighted by atomic mass is 19.1. The molecule has 0 N–H and O–H groups in total. The number of rotatable bonds is 17. The molecular formula is C22H45FO. The quantitative estimate of drug-likeness (QED) is 0.244. The Balaban J connectivity index is 3.03. The van der Waals surface area contributed by atoms with Gasteiger partial charge in [-0.2, -0.15) is 0 Å². The predicted octanol–water partition coefficient (Wildman–Crippen LogP) is 7.87. The molecule has 0 heterocycles. The minimum Gasteiger partial charge on any atom is -0.381 e. The molecule has 2 heteroatoms. The van der Waals surface area contributed by atoms with Crippen LogP contribution in [0.2, 0.25) is 0 Å². The Labute approximate surface area is 152 Å². The molecule has 0 saturated carbocycles. The van der Waals surface area contributed by atoms with E-state index in [4.69, 9.17) is 4.74 Å². The normalized spacial score (nSPS) is 13.4. The summed E-state index contributed by atoms with van der Waals surface area (Å²) in [6.07, 6.45) is 17.0. The Morgan fingerprint density at radius 1 is 0.667 bits per heavy atom. The fraction of sp³-hybridized carbons (Fsp3) is 1.00. The van der Waals surface area contributed by atoms with E-state index in [9.17, 15) is 4.39 Å². The average Bonchev–Trinajstić information content (AvgIpc) is 2.49. The van der Waals surface area contributed by atoms with Crippen LogP contribution in [0.4, 0.5) is 4.39 Å². The molecule has 1 atom stereocenters. The first kappa shape index (κ1) is 23.9. The Kier molecular flexibility index (Phi) is 16.3. The zero-order chi connectivity index (χ0) is 18.1. The number of ether oxygens (including phenoxy) is 1. The molecule has 0 aromatic heterocycles. The summed E-state index contributed by atoms with van der Waals surface area (Å²) in [5, 5.41) is 0. The summed E-state index contributed by atoms with van der Waals surface area (Å²) in [6, 6.07) is 0. The van der Waals surface area contributed by atoms with Crippen molar-refractivity contribution in [3.05, 3.63) is 0 Å². The van der Waals surface area contributed by atoms with Crippen LogP contribution in [0.5, 0.6) is 0 Å². The van der Waals surface area contributed by atoms with E-state index in [0.29, 0.717) is 5.41 Å². The van der Waals surface area contributed by atoms with Gasteiger partial charge in [0.25, 0.3) is 0 Å². The van der Waals surface area contributed by atoms with Crippen molar-refractivity contribution >= 4 is 0 Å². The molecule has 0 saturated heterocycles. The van der Waals surface area contributed by atoms with Crippen molar-refractivity contribution in [3.63, 3.8) is 0 Å². The lowest BCUT2D eigenvalue weighted by Gasteiger charge is -2.17. The molecular weight excluding hydrogens is 299 g/mol. The van der Waals surface area contributed by atoms with Gasteiger partial charge < -0.3 is 4.74 Å². The van der Waals surface area contributed by atoms with Crippen LogP contribution in [-0.4, -0.2) is 19.4 Å². The summed E-state index contributed by atoms with van der Waals surface area (Å²) >= 11 is 0. The van der Waals surface area contributed by atoms with E-state index in [0.717, 1.165) is 32.5 Å². The maximum Gasteiger partial charge on any atom is 0.0973 e. The second-order valence-electron chi connectivity index (χ2n) is 8.74. The molecule has 1 nitrogen and oxygen atoms in total. The standard InChI is InChI=1S/C22H45FO/c1-21(23)17-15-13-11-9-7-5-6-8-10-12-14-16-19-24-20-18-22(2,3)4/h21H,5-20H2,1-4H3. The average molecular weight is 345 g/mol. The van der Waals surface area contributed by atoms with Crippen LogP contribution in [0.15, 0.2) is 0 Å². The third kappa shape index (κ3) is 21.9. The largest absolute Gasteiger partial charge is 0.381 e. The van der Waals surface area contributed by atoms with Crippen molar-refractivity contribution in [1.82, 2.24) is 0 Å². The zero-order valence-electron chi connectivity index (χ0n) is 17.2. The summed E-state index contributed by atoms with van der Waals surface area (Å²) in [5.41, 5.74) is 0.396. The van der Waals surface area contributed by atoms with Gasteiger partial charge in [0.15, 0.2) is 0 Å². The van der Waals surface area contributed by atoms with E-state index in [1.54, 1.807) is 6.92 Å². The van der Waals surface area contributed by atoms with Crippen LogP contribution in [0.25, 0.3) is 0 Å². The molecule has 146 valence electrons. The van der Waals surface area contributed by atoms with Crippen LogP contribution < -0.4 is 0 Å². The molecule has 0 bridgehead atoms. The van der Waals surface area contributed by atoms with Gasteiger partial charge in [0, 0.05) is 13.2 Å². The molecule has 0 fully saturated rings. The van der Waals surface area contributed by atoms with E-state index >= 15 is 0 Å². The first-order valence-electron chi connectivity index (χ1n) is 10.6. The fourth-order valence-electron chi connectivity index (χ4n) is 2.88. The second kappa shape index (κ2) is 16.4. The highest BCUT2D eigenvalue weighted by Gasteiger charge is 2.08. The molecule has 0 aromatic carbocycles. The minimum absolute atomic E-state index is 0.396. The summed E-state index contributed by atoms with van der Waals surface area (Å²) in [7, 11) is 0. The highest BCUT2D eigenvalue weighted by molar-refractivity contribution is 4.59. The van der Waals surface area contributed by atoms with E-state index in [1.807, 2.05) is 0 Å². The molecule has 0 aliphatic rings. The minimum atomic E-state index is -0.611. The molecule has 24 heavy (non-hydrogen) atoms. The van der Waals surface area contributed by atoms with Crippen molar-refractivity contribution in [2.24, 2.45) is 5.41 Å². The molecule has 1 unspecified atom stereocenters. The van der Waals surface area contributed by atoms with Gasteiger partial charge in [-0.3, -0.25) is 0 Å². The highest BCUT2D eigenvalue weighted by Crippen LogP contribution is 2.18. The van der Waals surface area contributed by atoms with E-state index < -0.39 is 6.17 Å². The fourth-order valence-corrected chi connectivity index (χ4v) is 2.88. The van der Waals surface area contributed by atoms with Gasteiger partial charge >= 0.3 is 0 Å². The molecule has 0 aromatic rings. The topological polar surface area (TPSA) is 9.23 Å². The van der Waals surface area contributed by atoms with E-state index in [-0.39, 0.29) is 0 Å². The van der Waals surface area contributed by atoms with Crippen molar-refractivity contribution in [2.45, 2.75) is 124 Å². The van der Waals surface area contributed by atoms with Gasteiger partial charge in [-0.05, 0) is 31.6 Å². The van der Waals surface area contributed by atoms with Crippen LogP contribution in [-0.2, 0) is 4.74 Å². The maximum absolute atomic E-state index is 12.6. The zero-order valence-corrected chi connectivity index (χ0v) is 17.2. The molecule has 0 spiro atoms. The lowest BCUT2D eigenvalue weighted by atomic mass is 9.93. The Morgan fingerprint density at radius 3 is 1.50 bits per heavy atom. The van der Waals surface area contributed by atoms with Gasteiger partial charge in [0.2, 0.25) is 0 Å². The first-order valence-corrected chi connectivity index (χ1v) is 10.6. The second-order valence-corrected chi connectivity index (χ2v) is 8.74. The monoisotopic (exact) mass is 344 g/mol. The molecule has 0 aliphatic carbocycles. The SMILES string of the molecule is CC(F)CCCCCCCCCCCCCCOCCC(C)(C)C. The van der Waals surface area contributed by atoms with E-state index in [2.05, 4.69) is 20.8 Å². The molecule has 0 aliphatic heterocycles. The Morgan fingerprint density at radius 2 is 1.08 bits per heavy atom. The number of unbranched alkanes of at least 4 members (excludes halogenated alkanes) is 11. The van der Waals surface area contributed by atoms with Crippen LogP contribution in [0.3, 0.4) is 0 Å². The van der Waals surface area contributed by atoms with Crippen LogP contribution in [0, 0.1) is 5.41 Å². The van der Waals surface area contributed by atoms with Gasteiger partial charge in [0.1, 0.15) is 0 Å². The van der Waals surface area contributed by atoms with Crippen molar-refractivity contribution < 1.29 is 9.13 Å². The number of hydrogen-bond acceptors (Lipinski definition) is 1. The summed E-state index contributed by atoms with van der Waals surface area (Å²) in [5.74, 6) is 0. The number of hydrogen-bond donors (Lipinski definition) is 0. The van der Waals surface area contributed by atoms with Gasteiger partial charge in [-0.15, -0.1) is 0 Å². The lowest BCUT2D eigenvalue weighted by Crippen LogP contribution is -2.09. The molecule has 0 rings (SSSR count). The summed E-state index contributed by atoms with van der Waals surface area (Å²) in [6.45, 7) is 10.3. The van der Waals surface area contributed by atoms with Crippen molar-refractivity contribution in [3.8, 4) is 0 Å². The van der Waals surface area contributed by atoms with Gasteiger partial charge in [-0.1, -0.05) is 91.4 Å². The Hall–Kier alpha value is -0.110. The van der Waals surface area contributed by atoms with Gasteiger partial charge in [-0.25, -0.2) is 4.39 Å². The number of halogens is 1. The van der Waals surface area contributed by atoms with Gasteiger partial charge in [0.05, 0.1) is 6.17 Å². The third-order valence-electron chi connectivity index (χ3n) is 4.64. The smallest absolute Gasteiger partial charge is 0.0973 e. The maximum atomic E-state index is 12.6. The first-order chi connectivity index (χ1) is 11.4. The Bertz CT molecular complexity index is 245. The van der Waals surface area contributed by atoms with Crippen LogP contribution in [0.1, 0.15) is 118 Å². The van der Waals surface area contributed by atoms with Crippen LogP contribution >= 0.6 is 0 Å². The summed E-state index contributed by atoms with van der Waals surface area (Å²) < 4.78 is 18.3. The molecule has 0 amide bonds. The van der Waals surface area contributed by atoms with Crippen molar-refractivity contribution in [2.75, 3.05) is 13.2 Å². The summed E-state index contributed by atoms with van der Waals surface area (Å²) in [4.78, 5) is 0. The van der Waals surface area contributed by atoms with E-state index in [1.165, 1.54) is 70.6 Å². The number of alkyl halides is 1. The third-order valence-corrected chi connectivity index (χ3v) is 4.64.